The Morgan fingerprint density at radius 3 is 2.53 bits per heavy atom. The smallest absolute Gasteiger partial charge is 0.120 e. The number of benzene rings is 2. The molecule has 100 valence electrons. The average Bonchev–Trinajstić information content (AvgIpc) is 2.45. The summed E-state index contributed by atoms with van der Waals surface area (Å²) < 4.78 is 5.65. The van der Waals surface area contributed by atoms with Gasteiger partial charge in [-0.15, -0.1) is 0 Å². The number of hydrogen-bond donors (Lipinski definition) is 1. The van der Waals surface area contributed by atoms with E-state index in [-0.39, 0.29) is 6.04 Å². The molecule has 0 fully saturated rings. The molecule has 2 rings (SSSR count). The number of rotatable bonds is 5. The van der Waals surface area contributed by atoms with Gasteiger partial charge in [-0.2, -0.15) is 0 Å². The highest BCUT2D eigenvalue weighted by Crippen LogP contribution is 2.19. The van der Waals surface area contributed by atoms with Gasteiger partial charge < -0.3 is 10.5 Å². The van der Waals surface area contributed by atoms with Crippen molar-refractivity contribution in [1.82, 2.24) is 0 Å². The van der Waals surface area contributed by atoms with E-state index in [1.54, 1.807) is 6.07 Å². The van der Waals surface area contributed by atoms with Crippen LogP contribution in [-0.4, -0.2) is 6.61 Å². The van der Waals surface area contributed by atoms with Gasteiger partial charge in [0.1, 0.15) is 12.4 Å². The summed E-state index contributed by atoms with van der Waals surface area (Å²) in [5.41, 5.74) is 8.51. The highest BCUT2D eigenvalue weighted by molar-refractivity contribution is 6.30. The lowest BCUT2D eigenvalue weighted by Crippen LogP contribution is -2.18. The van der Waals surface area contributed by atoms with Gasteiger partial charge in [-0.25, -0.2) is 0 Å². The topological polar surface area (TPSA) is 35.2 Å². The summed E-state index contributed by atoms with van der Waals surface area (Å²) in [6, 6.07) is 15.5. The minimum Gasteiger partial charge on any atom is -0.492 e. The molecule has 0 aliphatic heterocycles. The summed E-state index contributed by atoms with van der Waals surface area (Å²) in [5.74, 6) is 0.744. The van der Waals surface area contributed by atoms with E-state index in [1.807, 2.05) is 18.2 Å². The maximum atomic E-state index is 6.11. The van der Waals surface area contributed by atoms with Crippen molar-refractivity contribution in [2.24, 2.45) is 5.73 Å². The third-order valence-corrected chi connectivity index (χ3v) is 3.28. The van der Waals surface area contributed by atoms with Crippen LogP contribution >= 0.6 is 11.6 Å². The Balaban J connectivity index is 1.95. The highest BCUT2D eigenvalue weighted by atomic mass is 35.5. The van der Waals surface area contributed by atoms with Crippen LogP contribution in [0.3, 0.4) is 0 Å². The predicted octanol–water partition coefficient (Wildman–Crippen LogP) is 3.98. The molecule has 2 nitrogen and oxygen atoms in total. The van der Waals surface area contributed by atoms with Crippen molar-refractivity contribution in [2.75, 3.05) is 6.61 Å². The molecule has 0 amide bonds. The van der Waals surface area contributed by atoms with Crippen LogP contribution in [0.4, 0.5) is 0 Å². The van der Waals surface area contributed by atoms with Crippen molar-refractivity contribution in [3.8, 4) is 5.75 Å². The van der Waals surface area contributed by atoms with Crippen LogP contribution in [0.1, 0.15) is 24.1 Å². The van der Waals surface area contributed by atoms with Gasteiger partial charge in [0.2, 0.25) is 0 Å². The first kappa shape index (κ1) is 13.9. The summed E-state index contributed by atoms with van der Waals surface area (Å²) in [7, 11) is 0. The van der Waals surface area contributed by atoms with E-state index >= 15 is 0 Å². The van der Waals surface area contributed by atoms with E-state index in [2.05, 4.69) is 31.2 Å². The molecule has 0 spiro atoms. The van der Waals surface area contributed by atoms with Crippen LogP contribution < -0.4 is 10.5 Å². The van der Waals surface area contributed by atoms with E-state index in [1.165, 1.54) is 5.56 Å². The van der Waals surface area contributed by atoms with E-state index in [9.17, 15) is 0 Å². The lowest BCUT2D eigenvalue weighted by atomic mass is 10.1. The molecule has 0 saturated carbocycles. The molecule has 2 aromatic rings. The number of ether oxygens (including phenoxy) is 1. The van der Waals surface area contributed by atoms with E-state index < -0.39 is 0 Å². The molecule has 2 aromatic carbocycles. The van der Waals surface area contributed by atoms with Crippen molar-refractivity contribution >= 4 is 11.6 Å². The summed E-state index contributed by atoms with van der Waals surface area (Å²) in [4.78, 5) is 0. The van der Waals surface area contributed by atoms with Gasteiger partial charge in [-0.3, -0.25) is 0 Å². The van der Waals surface area contributed by atoms with Crippen molar-refractivity contribution in [3.63, 3.8) is 0 Å². The maximum absolute atomic E-state index is 6.11. The van der Waals surface area contributed by atoms with Crippen LogP contribution in [0.5, 0.6) is 5.75 Å². The Morgan fingerprint density at radius 1 is 1.16 bits per heavy atom. The summed E-state index contributed by atoms with van der Waals surface area (Å²) in [6.07, 6.45) is 1.04. The van der Waals surface area contributed by atoms with Gasteiger partial charge in [0.15, 0.2) is 0 Å². The molecule has 3 heteroatoms. The van der Waals surface area contributed by atoms with Crippen molar-refractivity contribution in [3.05, 3.63) is 64.7 Å². The number of halogens is 1. The summed E-state index contributed by atoms with van der Waals surface area (Å²) >= 11 is 5.90. The molecule has 1 unspecified atom stereocenters. The second-order valence-corrected chi connectivity index (χ2v) is 4.91. The van der Waals surface area contributed by atoms with E-state index in [0.717, 1.165) is 17.7 Å². The zero-order valence-corrected chi connectivity index (χ0v) is 11.7. The molecule has 2 N–H and O–H groups in total. The Kier molecular flexibility index (Phi) is 4.83. The fourth-order valence-corrected chi connectivity index (χ4v) is 2.02. The molecule has 0 aliphatic rings. The Bertz CT molecular complexity index is 525. The SMILES string of the molecule is CCc1ccc(C(N)COc2cccc(Cl)c2)cc1. The third-order valence-electron chi connectivity index (χ3n) is 3.04. The van der Waals surface area contributed by atoms with Crippen molar-refractivity contribution in [1.29, 1.82) is 0 Å². The minimum absolute atomic E-state index is 0.134. The standard InChI is InChI=1S/C16H18ClNO/c1-2-12-6-8-13(9-7-12)16(18)11-19-15-5-3-4-14(17)10-15/h3-10,16H,2,11,18H2,1H3. The molecule has 0 radical (unpaired) electrons. The first-order chi connectivity index (χ1) is 9.19. The van der Waals surface area contributed by atoms with Gasteiger partial charge >= 0.3 is 0 Å². The van der Waals surface area contributed by atoms with E-state index in [0.29, 0.717) is 11.6 Å². The predicted molar refractivity (Wildman–Crippen MR) is 79.7 cm³/mol. The van der Waals surface area contributed by atoms with Crippen LogP contribution in [0.2, 0.25) is 5.02 Å². The fourth-order valence-electron chi connectivity index (χ4n) is 1.84. The molecule has 0 heterocycles. The largest absolute Gasteiger partial charge is 0.492 e. The summed E-state index contributed by atoms with van der Waals surface area (Å²) in [5, 5.41) is 0.665. The molecular weight excluding hydrogens is 258 g/mol. The quantitative estimate of drug-likeness (QED) is 0.896. The van der Waals surface area contributed by atoms with Crippen LogP contribution in [0.25, 0.3) is 0 Å². The highest BCUT2D eigenvalue weighted by Gasteiger charge is 2.07. The molecule has 0 aliphatic carbocycles. The second kappa shape index (κ2) is 6.60. The lowest BCUT2D eigenvalue weighted by Gasteiger charge is -2.14. The fraction of sp³-hybridized carbons (Fsp3) is 0.250. The van der Waals surface area contributed by atoms with Crippen molar-refractivity contribution in [2.45, 2.75) is 19.4 Å². The molecular formula is C16H18ClNO. The van der Waals surface area contributed by atoms with Crippen LogP contribution in [-0.2, 0) is 6.42 Å². The number of aryl methyl sites for hydroxylation is 1. The molecule has 19 heavy (non-hydrogen) atoms. The Hall–Kier alpha value is -1.51. The third kappa shape index (κ3) is 3.98. The van der Waals surface area contributed by atoms with Crippen LogP contribution in [0.15, 0.2) is 48.5 Å². The van der Waals surface area contributed by atoms with Crippen molar-refractivity contribution < 1.29 is 4.74 Å². The van der Waals surface area contributed by atoms with Gasteiger partial charge in [0.25, 0.3) is 0 Å². The number of hydrogen-bond acceptors (Lipinski definition) is 2. The second-order valence-electron chi connectivity index (χ2n) is 4.47. The van der Waals surface area contributed by atoms with Gasteiger partial charge in [-0.05, 0) is 35.7 Å². The minimum atomic E-state index is -0.134. The lowest BCUT2D eigenvalue weighted by molar-refractivity contribution is 0.290. The zero-order chi connectivity index (χ0) is 13.7. The Morgan fingerprint density at radius 2 is 1.89 bits per heavy atom. The molecule has 0 saturated heterocycles. The van der Waals surface area contributed by atoms with E-state index in [4.69, 9.17) is 22.1 Å². The van der Waals surface area contributed by atoms with Crippen LogP contribution in [0, 0.1) is 0 Å². The molecule has 0 aromatic heterocycles. The van der Waals surface area contributed by atoms with Gasteiger partial charge in [0, 0.05) is 5.02 Å². The zero-order valence-electron chi connectivity index (χ0n) is 11.0. The molecule has 1 atom stereocenters. The van der Waals surface area contributed by atoms with Gasteiger partial charge in [-0.1, -0.05) is 48.9 Å². The maximum Gasteiger partial charge on any atom is 0.120 e. The summed E-state index contributed by atoms with van der Waals surface area (Å²) in [6.45, 7) is 2.57. The first-order valence-electron chi connectivity index (χ1n) is 6.42. The normalized spacial score (nSPS) is 12.2. The number of nitrogens with two attached hydrogens (primary N) is 1. The first-order valence-corrected chi connectivity index (χ1v) is 6.79. The van der Waals surface area contributed by atoms with Gasteiger partial charge in [0.05, 0.1) is 6.04 Å². The monoisotopic (exact) mass is 275 g/mol. The average molecular weight is 276 g/mol. The Labute approximate surface area is 119 Å². The molecule has 0 bridgehead atoms.